The average Bonchev–Trinajstić information content (AvgIpc) is 3.43. The van der Waals surface area contributed by atoms with E-state index in [1.54, 1.807) is 23.0 Å². The Balaban J connectivity index is 1.56. The highest BCUT2D eigenvalue weighted by Crippen LogP contribution is 2.26. The summed E-state index contributed by atoms with van der Waals surface area (Å²) in [5, 5.41) is 7.01. The fourth-order valence-electron chi connectivity index (χ4n) is 2.97. The summed E-state index contributed by atoms with van der Waals surface area (Å²) in [7, 11) is 0. The number of para-hydroxylation sites is 1. The van der Waals surface area contributed by atoms with E-state index in [1.807, 2.05) is 37.3 Å². The third-order valence-corrected chi connectivity index (χ3v) is 5.27. The summed E-state index contributed by atoms with van der Waals surface area (Å²) >= 11 is 0.971. The van der Waals surface area contributed by atoms with Crippen LogP contribution in [0.2, 0.25) is 0 Å². The van der Waals surface area contributed by atoms with Crippen LogP contribution in [0.25, 0.3) is 17.1 Å². The minimum Gasteiger partial charge on any atom is -0.460 e. The molecule has 4 rings (SSSR count). The summed E-state index contributed by atoms with van der Waals surface area (Å²) in [5.74, 6) is 0.757. The van der Waals surface area contributed by atoms with Gasteiger partial charge in [-0.2, -0.15) is 5.10 Å². The number of rotatable bonds is 6. The Hall–Kier alpha value is -3.33. The number of nitrogens with one attached hydrogen (secondary N) is 1. The highest BCUT2D eigenvalue weighted by atomic mass is 32.2. The Labute approximate surface area is 170 Å². The second-order valence-electron chi connectivity index (χ2n) is 6.44. The largest absolute Gasteiger partial charge is 0.460 e. The number of furan rings is 1. The van der Waals surface area contributed by atoms with Gasteiger partial charge in [0.15, 0.2) is 5.76 Å². The van der Waals surface area contributed by atoms with Crippen LogP contribution in [0.4, 0.5) is 4.79 Å². The van der Waals surface area contributed by atoms with E-state index in [0.29, 0.717) is 22.8 Å². The van der Waals surface area contributed by atoms with Gasteiger partial charge >= 0.3 is 0 Å². The van der Waals surface area contributed by atoms with E-state index in [4.69, 9.17) is 4.42 Å². The van der Waals surface area contributed by atoms with Crippen molar-refractivity contribution in [2.24, 2.45) is 0 Å². The lowest BCUT2D eigenvalue weighted by atomic mass is 10.2. The highest BCUT2D eigenvalue weighted by Gasteiger charge is 2.29. The molecule has 0 bridgehead atoms. The molecule has 0 unspecified atom stereocenters. The van der Waals surface area contributed by atoms with Crippen molar-refractivity contribution < 1.29 is 18.8 Å². The fraction of sp³-hybridized carbons (Fsp3) is 0.200. The van der Waals surface area contributed by atoms with Crippen molar-refractivity contribution in [2.75, 3.05) is 18.8 Å². The molecule has 3 amide bonds. The molecule has 1 aliphatic heterocycles. The van der Waals surface area contributed by atoms with Crippen LogP contribution in [-0.2, 0) is 4.79 Å². The number of imide groups is 1. The first kappa shape index (κ1) is 19.0. The van der Waals surface area contributed by atoms with Gasteiger partial charge in [-0.15, -0.1) is 0 Å². The third-order valence-electron chi connectivity index (χ3n) is 4.41. The molecular weight excluding hydrogens is 392 g/mol. The first-order valence-corrected chi connectivity index (χ1v) is 9.99. The average molecular weight is 410 g/mol. The fourth-order valence-corrected chi connectivity index (χ4v) is 3.72. The van der Waals surface area contributed by atoms with Crippen molar-refractivity contribution in [3.05, 3.63) is 60.0 Å². The van der Waals surface area contributed by atoms with Crippen LogP contribution in [0.5, 0.6) is 0 Å². The number of benzene rings is 1. The van der Waals surface area contributed by atoms with Crippen LogP contribution in [0.15, 0.2) is 53.1 Å². The number of aromatic nitrogens is 2. The standard InChI is InChI=1S/C20H18N4O4S/c1-13-7-8-16(28-13)18-15(11-24(22-18)14-5-3-2-4-6-14)19(26)21-9-10-23-17(25)12-29-20(23)27/h2-8,11H,9-10,12H2,1H3,(H,21,26). The van der Waals surface area contributed by atoms with Gasteiger partial charge in [-0.1, -0.05) is 30.0 Å². The third kappa shape index (κ3) is 3.95. The quantitative estimate of drug-likeness (QED) is 0.671. The number of nitrogens with zero attached hydrogens (tertiary/aromatic N) is 3. The van der Waals surface area contributed by atoms with Crippen molar-refractivity contribution in [3.63, 3.8) is 0 Å². The summed E-state index contributed by atoms with van der Waals surface area (Å²) in [5.41, 5.74) is 1.57. The highest BCUT2D eigenvalue weighted by molar-refractivity contribution is 8.14. The molecule has 0 saturated carbocycles. The summed E-state index contributed by atoms with van der Waals surface area (Å²) in [4.78, 5) is 37.3. The predicted molar refractivity (Wildman–Crippen MR) is 108 cm³/mol. The van der Waals surface area contributed by atoms with E-state index >= 15 is 0 Å². The van der Waals surface area contributed by atoms with E-state index < -0.39 is 0 Å². The Kier molecular flexibility index (Phi) is 5.22. The normalized spacial score (nSPS) is 13.9. The van der Waals surface area contributed by atoms with Crippen molar-refractivity contribution in [2.45, 2.75) is 6.92 Å². The first-order valence-electron chi connectivity index (χ1n) is 9.00. The van der Waals surface area contributed by atoms with Crippen molar-refractivity contribution in [1.29, 1.82) is 0 Å². The van der Waals surface area contributed by atoms with Crippen LogP contribution in [0.1, 0.15) is 16.1 Å². The second kappa shape index (κ2) is 7.96. The van der Waals surface area contributed by atoms with E-state index in [1.165, 1.54) is 0 Å². The number of aryl methyl sites for hydroxylation is 1. The molecule has 1 aromatic carbocycles. The molecule has 148 valence electrons. The topological polar surface area (TPSA) is 97.4 Å². The Morgan fingerprint density at radius 1 is 1.21 bits per heavy atom. The molecular formula is C20H18N4O4S. The molecule has 1 aliphatic rings. The van der Waals surface area contributed by atoms with Crippen molar-refractivity contribution in [1.82, 2.24) is 20.0 Å². The van der Waals surface area contributed by atoms with Gasteiger partial charge in [-0.3, -0.25) is 19.3 Å². The number of hydrogen-bond donors (Lipinski definition) is 1. The zero-order chi connectivity index (χ0) is 20.4. The molecule has 0 atom stereocenters. The maximum Gasteiger partial charge on any atom is 0.288 e. The molecule has 1 N–H and O–H groups in total. The lowest BCUT2D eigenvalue weighted by Gasteiger charge is -2.12. The number of hydrogen-bond acceptors (Lipinski definition) is 6. The molecule has 0 radical (unpaired) electrons. The summed E-state index contributed by atoms with van der Waals surface area (Å²) in [6, 6.07) is 13.0. The van der Waals surface area contributed by atoms with E-state index in [2.05, 4.69) is 10.4 Å². The van der Waals surface area contributed by atoms with E-state index in [0.717, 1.165) is 22.3 Å². The van der Waals surface area contributed by atoms with Gasteiger partial charge in [0.1, 0.15) is 11.5 Å². The minimum atomic E-state index is -0.358. The van der Waals surface area contributed by atoms with Gasteiger partial charge in [0, 0.05) is 19.3 Å². The van der Waals surface area contributed by atoms with E-state index in [-0.39, 0.29) is 35.9 Å². The monoisotopic (exact) mass is 410 g/mol. The molecule has 3 heterocycles. The van der Waals surface area contributed by atoms with Gasteiger partial charge in [-0.05, 0) is 31.2 Å². The van der Waals surface area contributed by atoms with Crippen LogP contribution in [0.3, 0.4) is 0 Å². The predicted octanol–water partition coefficient (Wildman–Crippen LogP) is 2.87. The van der Waals surface area contributed by atoms with E-state index in [9.17, 15) is 14.4 Å². The zero-order valence-corrected chi connectivity index (χ0v) is 16.4. The number of carbonyl (C=O) groups excluding carboxylic acids is 3. The van der Waals surface area contributed by atoms with Gasteiger partial charge in [-0.25, -0.2) is 4.68 Å². The Morgan fingerprint density at radius 2 is 2.00 bits per heavy atom. The summed E-state index contributed by atoms with van der Waals surface area (Å²) in [6.45, 7) is 2.11. The van der Waals surface area contributed by atoms with Gasteiger partial charge in [0.2, 0.25) is 5.91 Å². The molecule has 2 aromatic heterocycles. The molecule has 29 heavy (non-hydrogen) atoms. The maximum absolute atomic E-state index is 12.8. The summed E-state index contributed by atoms with van der Waals surface area (Å²) < 4.78 is 7.28. The van der Waals surface area contributed by atoms with Crippen LogP contribution < -0.4 is 5.32 Å². The first-order chi connectivity index (χ1) is 14.0. The van der Waals surface area contributed by atoms with Gasteiger partial charge in [0.25, 0.3) is 11.1 Å². The lowest BCUT2D eigenvalue weighted by Crippen LogP contribution is -2.37. The van der Waals surface area contributed by atoms with Gasteiger partial charge < -0.3 is 9.73 Å². The number of carbonyl (C=O) groups is 3. The van der Waals surface area contributed by atoms with Crippen molar-refractivity contribution in [3.8, 4) is 17.1 Å². The van der Waals surface area contributed by atoms with Crippen LogP contribution in [-0.4, -0.2) is 50.6 Å². The Morgan fingerprint density at radius 3 is 2.66 bits per heavy atom. The van der Waals surface area contributed by atoms with Crippen LogP contribution >= 0.6 is 11.8 Å². The zero-order valence-electron chi connectivity index (χ0n) is 15.6. The number of thioether (sulfide) groups is 1. The second-order valence-corrected chi connectivity index (χ2v) is 7.36. The summed E-state index contributed by atoms with van der Waals surface area (Å²) in [6.07, 6.45) is 1.64. The molecule has 1 fully saturated rings. The molecule has 0 spiro atoms. The molecule has 1 saturated heterocycles. The molecule has 9 heteroatoms. The number of amides is 3. The Bertz CT molecular complexity index is 1060. The smallest absolute Gasteiger partial charge is 0.288 e. The van der Waals surface area contributed by atoms with Crippen LogP contribution in [0, 0.1) is 6.92 Å². The van der Waals surface area contributed by atoms with Crippen molar-refractivity contribution >= 4 is 28.8 Å². The SMILES string of the molecule is Cc1ccc(-c2nn(-c3ccccc3)cc2C(=O)NCCN2C(=O)CSC2=O)o1. The lowest BCUT2D eigenvalue weighted by molar-refractivity contribution is -0.124. The maximum atomic E-state index is 12.8. The van der Waals surface area contributed by atoms with Gasteiger partial charge in [0.05, 0.1) is 17.0 Å². The molecule has 0 aliphatic carbocycles. The molecule has 8 nitrogen and oxygen atoms in total. The minimum absolute atomic E-state index is 0.137. The molecule has 3 aromatic rings.